The number of anilines is 1. The van der Waals surface area contributed by atoms with E-state index < -0.39 is 10.8 Å². The number of rotatable bonds is 7. The molecule has 0 fully saturated rings. The van der Waals surface area contributed by atoms with Crippen LogP contribution in [0.2, 0.25) is 5.02 Å². The van der Waals surface area contributed by atoms with Crippen molar-refractivity contribution in [3.63, 3.8) is 0 Å². The van der Waals surface area contributed by atoms with Gasteiger partial charge in [0, 0.05) is 6.54 Å². The number of nitrogens with one attached hydrogen (secondary N) is 2. The molecule has 25 heavy (non-hydrogen) atoms. The lowest BCUT2D eigenvalue weighted by molar-refractivity contribution is -0.380. The smallest absolute Gasteiger partial charge is 0.345 e. The van der Waals surface area contributed by atoms with Crippen molar-refractivity contribution in [3.05, 3.63) is 44.6 Å². The van der Waals surface area contributed by atoms with Crippen molar-refractivity contribution in [3.8, 4) is 11.8 Å². The van der Waals surface area contributed by atoms with Gasteiger partial charge in [0.25, 0.3) is 0 Å². The van der Waals surface area contributed by atoms with Gasteiger partial charge in [0.1, 0.15) is 12.3 Å². The first-order valence-corrected chi connectivity index (χ1v) is 8.02. The van der Waals surface area contributed by atoms with E-state index in [2.05, 4.69) is 15.6 Å². The molecule has 0 bridgehead atoms. The Morgan fingerprint density at radius 2 is 2.32 bits per heavy atom. The van der Waals surface area contributed by atoms with E-state index in [9.17, 15) is 20.2 Å². The number of halogens is 1. The van der Waals surface area contributed by atoms with Gasteiger partial charge in [0.15, 0.2) is 10.9 Å². The summed E-state index contributed by atoms with van der Waals surface area (Å²) in [5, 5.41) is 25.5. The Morgan fingerprint density at radius 3 is 2.92 bits per heavy atom. The van der Waals surface area contributed by atoms with Crippen LogP contribution in [0, 0.1) is 21.4 Å². The van der Waals surface area contributed by atoms with Crippen molar-refractivity contribution in [2.24, 2.45) is 0 Å². The number of ether oxygens (including phenoxy) is 1. The third-order valence-electron chi connectivity index (χ3n) is 3.03. The molecule has 1 heterocycles. The van der Waals surface area contributed by atoms with Gasteiger partial charge in [-0.1, -0.05) is 17.7 Å². The molecule has 9 nitrogen and oxygen atoms in total. The zero-order valence-corrected chi connectivity index (χ0v) is 14.5. The van der Waals surface area contributed by atoms with Crippen molar-refractivity contribution in [2.75, 3.05) is 19.0 Å². The second-order valence-corrected chi connectivity index (χ2v) is 6.06. The van der Waals surface area contributed by atoms with Crippen molar-refractivity contribution in [1.82, 2.24) is 10.3 Å². The lowest BCUT2D eigenvalue weighted by Crippen LogP contribution is -2.28. The van der Waals surface area contributed by atoms with Gasteiger partial charge in [-0.15, -0.1) is 0 Å². The van der Waals surface area contributed by atoms with Gasteiger partial charge >= 0.3 is 5.00 Å². The number of nitro groups is 1. The molecule has 2 aromatic rings. The van der Waals surface area contributed by atoms with Crippen LogP contribution in [0.15, 0.2) is 18.3 Å². The summed E-state index contributed by atoms with van der Waals surface area (Å²) < 4.78 is 5.11. The van der Waals surface area contributed by atoms with E-state index in [1.54, 1.807) is 12.1 Å². The summed E-state index contributed by atoms with van der Waals surface area (Å²) in [6, 6.07) is 5.29. The maximum absolute atomic E-state index is 11.8. The second kappa shape index (κ2) is 8.39. The second-order valence-electron chi connectivity index (χ2n) is 4.64. The molecule has 0 aliphatic heterocycles. The summed E-state index contributed by atoms with van der Waals surface area (Å²) in [5.41, 5.74) is 0.917. The highest BCUT2D eigenvalue weighted by molar-refractivity contribution is 7.18. The minimum Gasteiger partial charge on any atom is -0.494 e. The molecular weight excluding hydrogens is 370 g/mol. The average molecular weight is 382 g/mol. The van der Waals surface area contributed by atoms with Crippen molar-refractivity contribution < 1.29 is 14.5 Å². The predicted molar refractivity (Wildman–Crippen MR) is 91.8 cm³/mol. The van der Waals surface area contributed by atoms with Crippen LogP contribution in [0.1, 0.15) is 11.1 Å². The van der Waals surface area contributed by atoms with E-state index in [-0.39, 0.29) is 29.0 Å². The standard InChI is InChI=1S/C14H12ClN5O4S/c1-24-13-9(4-16)8(2-3-10(13)15)5-17-6-11(21)19-14-18-7-12(25-14)20(22)23/h2-3,7,17H,5-6H2,1H3,(H,18,19,21). The Balaban J connectivity index is 1.93. The van der Waals surface area contributed by atoms with Gasteiger partial charge in [0.05, 0.1) is 29.2 Å². The lowest BCUT2D eigenvalue weighted by Gasteiger charge is -2.11. The molecule has 0 saturated carbocycles. The molecule has 0 aliphatic rings. The van der Waals surface area contributed by atoms with E-state index in [0.717, 1.165) is 17.5 Å². The summed E-state index contributed by atoms with van der Waals surface area (Å²) in [6.45, 7) is 0.172. The fourth-order valence-electron chi connectivity index (χ4n) is 1.95. The number of methoxy groups -OCH3 is 1. The SMILES string of the molecule is COc1c(Cl)ccc(CNCC(=O)Nc2ncc([N+](=O)[O-])s2)c1C#N. The molecule has 0 unspecified atom stereocenters. The molecule has 0 spiro atoms. The molecule has 0 aliphatic carbocycles. The van der Waals surface area contributed by atoms with Crippen molar-refractivity contribution >= 4 is 39.0 Å². The van der Waals surface area contributed by atoms with E-state index >= 15 is 0 Å². The van der Waals surface area contributed by atoms with Gasteiger partial charge in [-0.25, -0.2) is 4.98 Å². The minimum atomic E-state index is -0.580. The first-order valence-electron chi connectivity index (χ1n) is 6.82. The predicted octanol–water partition coefficient (Wildman–Crippen LogP) is 2.31. The quantitative estimate of drug-likeness (QED) is 0.555. The number of hydrogen-bond acceptors (Lipinski definition) is 8. The number of nitriles is 1. The molecule has 1 aromatic carbocycles. The molecule has 0 radical (unpaired) electrons. The van der Waals surface area contributed by atoms with E-state index in [1.807, 2.05) is 6.07 Å². The first kappa shape index (κ1) is 18.6. The van der Waals surface area contributed by atoms with Crippen LogP contribution in [0.3, 0.4) is 0 Å². The van der Waals surface area contributed by atoms with Gasteiger partial charge in [0.2, 0.25) is 5.91 Å². The highest BCUT2D eigenvalue weighted by Crippen LogP contribution is 2.30. The fourth-order valence-corrected chi connectivity index (χ4v) is 2.83. The zero-order valence-electron chi connectivity index (χ0n) is 12.9. The summed E-state index contributed by atoms with van der Waals surface area (Å²) >= 11 is 6.73. The van der Waals surface area contributed by atoms with Crippen LogP contribution in [-0.2, 0) is 11.3 Å². The molecular formula is C14H12ClN5O4S. The topological polar surface area (TPSA) is 130 Å². The normalized spacial score (nSPS) is 10.1. The maximum Gasteiger partial charge on any atom is 0.345 e. The van der Waals surface area contributed by atoms with Crippen LogP contribution >= 0.6 is 22.9 Å². The van der Waals surface area contributed by atoms with Crippen molar-refractivity contribution in [2.45, 2.75) is 6.54 Å². The van der Waals surface area contributed by atoms with Gasteiger partial charge < -0.3 is 15.4 Å². The largest absolute Gasteiger partial charge is 0.494 e. The highest BCUT2D eigenvalue weighted by atomic mass is 35.5. The molecule has 1 amide bonds. The third-order valence-corrected chi connectivity index (χ3v) is 4.19. The number of carbonyl (C=O) groups excluding carboxylic acids is 1. The Bertz CT molecular complexity index is 848. The average Bonchev–Trinajstić information content (AvgIpc) is 3.04. The molecule has 0 atom stereocenters. The van der Waals surface area contributed by atoms with Crippen LogP contribution in [-0.4, -0.2) is 29.5 Å². The Kier molecular flexibility index (Phi) is 6.24. The van der Waals surface area contributed by atoms with E-state index in [1.165, 1.54) is 7.11 Å². The number of carbonyl (C=O) groups is 1. The van der Waals surface area contributed by atoms with Gasteiger partial charge in [-0.2, -0.15) is 5.26 Å². The van der Waals surface area contributed by atoms with Crippen LogP contribution in [0.25, 0.3) is 0 Å². The van der Waals surface area contributed by atoms with Crippen LogP contribution in [0.5, 0.6) is 5.75 Å². The molecule has 130 valence electrons. The number of benzene rings is 1. The Morgan fingerprint density at radius 1 is 1.56 bits per heavy atom. The molecule has 2 N–H and O–H groups in total. The van der Waals surface area contributed by atoms with Crippen LogP contribution < -0.4 is 15.4 Å². The number of aromatic nitrogens is 1. The Labute approximate surface area is 151 Å². The third kappa shape index (κ3) is 4.63. The molecule has 0 saturated heterocycles. The molecule has 11 heteroatoms. The number of hydrogen-bond donors (Lipinski definition) is 2. The lowest BCUT2D eigenvalue weighted by atomic mass is 10.1. The summed E-state index contributed by atoms with van der Waals surface area (Å²) in [7, 11) is 1.42. The van der Waals surface area contributed by atoms with Gasteiger partial charge in [-0.05, 0) is 23.0 Å². The summed E-state index contributed by atoms with van der Waals surface area (Å²) in [5.74, 6) is -0.133. The zero-order chi connectivity index (χ0) is 18.4. The van der Waals surface area contributed by atoms with Crippen molar-refractivity contribution in [1.29, 1.82) is 5.26 Å². The minimum absolute atomic E-state index is 0.0663. The van der Waals surface area contributed by atoms with Gasteiger partial charge in [-0.3, -0.25) is 14.9 Å². The molecule has 1 aromatic heterocycles. The first-order chi connectivity index (χ1) is 12.0. The molecule has 2 rings (SSSR count). The fraction of sp³-hybridized carbons (Fsp3) is 0.214. The summed E-state index contributed by atoms with van der Waals surface area (Å²) in [4.78, 5) is 25.6. The highest BCUT2D eigenvalue weighted by Gasteiger charge is 2.15. The van der Waals surface area contributed by atoms with E-state index in [0.29, 0.717) is 16.1 Å². The van der Waals surface area contributed by atoms with E-state index in [4.69, 9.17) is 16.3 Å². The summed E-state index contributed by atoms with van der Waals surface area (Å²) in [6.07, 6.45) is 1.08. The van der Waals surface area contributed by atoms with Crippen LogP contribution in [0.4, 0.5) is 10.1 Å². The number of amides is 1. The Hall–Kier alpha value is -2.74. The number of thiazole rings is 1. The maximum atomic E-state index is 11.8. The number of nitrogens with zero attached hydrogens (tertiary/aromatic N) is 3. The monoisotopic (exact) mass is 381 g/mol.